The number of rotatable bonds is 7. The lowest BCUT2D eigenvalue weighted by molar-refractivity contribution is 0.321. The smallest absolute Gasteiger partial charge is 0.191 e. The molecule has 0 spiro atoms. The van der Waals surface area contributed by atoms with Crippen molar-refractivity contribution >= 4 is 57.5 Å². The molecule has 1 aromatic heterocycles. The highest BCUT2D eigenvalue weighted by atomic mass is 127. The number of aliphatic imine (C=N–C) groups is 1. The van der Waals surface area contributed by atoms with Crippen LogP contribution >= 0.6 is 51.5 Å². The van der Waals surface area contributed by atoms with E-state index in [1.165, 1.54) is 0 Å². The molecule has 0 atom stereocenters. The first-order valence-electron chi connectivity index (χ1n) is 7.60. The summed E-state index contributed by atoms with van der Waals surface area (Å²) in [5.41, 5.74) is 1.13. The molecule has 2 aromatic rings. The van der Waals surface area contributed by atoms with E-state index in [0.29, 0.717) is 18.3 Å². The SMILES string of the molecule is CN=C(NCCOc1cccc(Br)c1)NCCc1ccc(Cl)nc1.I. The summed E-state index contributed by atoms with van der Waals surface area (Å²) in [4.78, 5) is 8.25. The highest BCUT2D eigenvalue weighted by molar-refractivity contribution is 14.0. The second kappa shape index (κ2) is 12.3. The van der Waals surface area contributed by atoms with Gasteiger partial charge in [0.15, 0.2) is 5.96 Å². The number of nitrogens with zero attached hydrogens (tertiary/aromatic N) is 2. The highest BCUT2D eigenvalue weighted by Crippen LogP contribution is 2.17. The van der Waals surface area contributed by atoms with Gasteiger partial charge < -0.3 is 15.4 Å². The van der Waals surface area contributed by atoms with E-state index in [0.717, 1.165) is 34.7 Å². The van der Waals surface area contributed by atoms with Gasteiger partial charge in [-0.15, -0.1) is 24.0 Å². The number of hydrogen-bond acceptors (Lipinski definition) is 3. The second-order valence-corrected chi connectivity index (χ2v) is 6.27. The molecule has 1 aromatic carbocycles. The lowest BCUT2D eigenvalue weighted by atomic mass is 10.2. The van der Waals surface area contributed by atoms with Gasteiger partial charge in [0.1, 0.15) is 17.5 Å². The monoisotopic (exact) mass is 538 g/mol. The molecular formula is C17H21BrClIN4O. The number of pyridine rings is 1. The van der Waals surface area contributed by atoms with Crippen LogP contribution < -0.4 is 15.4 Å². The standard InChI is InChI=1S/C17H20BrClN4O.HI/c1-20-17(21-8-7-13-5-6-16(19)23-12-13)22-9-10-24-15-4-2-3-14(18)11-15;/h2-6,11-12H,7-10H2,1H3,(H2,20,21,22);1H. The van der Waals surface area contributed by atoms with Crippen molar-refractivity contribution in [1.29, 1.82) is 0 Å². The fourth-order valence-electron chi connectivity index (χ4n) is 2.00. The van der Waals surface area contributed by atoms with Crippen LogP contribution in [0, 0.1) is 0 Å². The van der Waals surface area contributed by atoms with Crippen LogP contribution in [-0.4, -0.2) is 37.7 Å². The maximum Gasteiger partial charge on any atom is 0.191 e. The van der Waals surface area contributed by atoms with E-state index in [9.17, 15) is 0 Å². The fourth-order valence-corrected chi connectivity index (χ4v) is 2.49. The largest absolute Gasteiger partial charge is 0.492 e. The van der Waals surface area contributed by atoms with E-state index >= 15 is 0 Å². The van der Waals surface area contributed by atoms with Gasteiger partial charge in [0, 0.05) is 24.3 Å². The summed E-state index contributed by atoms with van der Waals surface area (Å²) in [5.74, 6) is 1.58. The summed E-state index contributed by atoms with van der Waals surface area (Å²) < 4.78 is 6.67. The average molecular weight is 540 g/mol. The molecule has 2 N–H and O–H groups in total. The number of guanidine groups is 1. The lowest BCUT2D eigenvalue weighted by Gasteiger charge is -2.12. The Morgan fingerprint density at radius 2 is 2.04 bits per heavy atom. The molecule has 0 radical (unpaired) electrons. The van der Waals surface area contributed by atoms with Gasteiger partial charge in [-0.25, -0.2) is 4.98 Å². The number of halogens is 3. The Morgan fingerprint density at radius 1 is 1.24 bits per heavy atom. The zero-order valence-electron chi connectivity index (χ0n) is 13.8. The first kappa shape index (κ1) is 22.0. The Bertz CT molecular complexity index is 670. The van der Waals surface area contributed by atoms with E-state index in [4.69, 9.17) is 16.3 Å². The predicted octanol–water partition coefficient (Wildman–Crippen LogP) is 3.90. The third-order valence-electron chi connectivity index (χ3n) is 3.18. The molecule has 0 fully saturated rings. The number of aromatic nitrogens is 1. The molecule has 0 unspecified atom stereocenters. The minimum atomic E-state index is 0. The first-order chi connectivity index (χ1) is 11.7. The van der Waals surface area contributed by atoms with Crippen molar-refractivity contribution in [3.05, 3.63) is 57.8 Å². The summed E-state index contributed by atoms with van der Waals surface area (Å²) in [6, 6.07) is 11.5. The predicted molar refractivity (Wildman–Crippen MR) is 117 cm³/mol. The van der Waals surface area contributed by atoms with Crippen LogP contribution in [-0.2, 0) is 6.42 Å². The van der Waals surface area contributed by atoms with E-state index in [2.05, 4.69) is 36.5 Å². The van der Waals surface area contributed by atoms with Gasteiger partial charge in [-0.05, 0) is 36.2 Å². The molecule has 1 heterocycles. The minimum absolute atomic E-state index is 0. The lowest BCUT2D eigenvalue weighted by Crippen LogP contribution is -2.40. The van der Waals surface area contributed by atoms with E-state index in [-0.39, 0.29) is 24.0 Å². The van der Waals surface area contributed by atoms with Crippen molar-refractivity contribution in [2.24, 2.45) is 4.99 Å². The van der Waals surface area contributed by atoms with Gasteiger partial charge in [-0.3, -0.25) is 4.99 Å². The molecule has 0 aliphatic heterocycles. The van der Waals surface area contributed by atoms with E-state index < -0.39 is 0 Å². The summed E-state index contributed by atoms with van der Waals surface area (Å²) in [7, 11) is 1.74. The molecule has 5 nitrogen and oxygen atoms in total. The van der Waals surface area contributed by atoms with Crippen LogP contribution in [0.25, 0.3) is 0 Å². The number of hydrogen-bond donors (Lipinski definition) is 2. The molecule has 0 amide bonds. The van der Waals surface area contributed by atoms with Crippen molar-refractivity contribution in [3.8, 4) is 5.75 Å². The average Bonchev–Trinajstić information content (AvgIpc) is 2.59. The van der Waals surface area contributed by atoms with Crippen molar-refractivity contribution in [1.82, 2.24) is 15.6 Å². The van der Waals surface area contributed by atoms with Crippen LogP contribution in [0.5, 0.6) is 5.75 Å². The van der Waals surface area contributed by atoms with Gasteiger partial charge in [-0.1, -0.05) is 39.7 Å². The fraction of sp³-hybridized carbons (Fsp3) is 0.294. The van der Waals surface area contributed by atoms with Crippen LogP contribution in [0.4, 0.5) is 0 Å². The van der Waals surface area contributed by atoms with Crippen molar-refractivity contribution in [2.75, 3.05) is 26.7 Å². The molecule has 0 aliphatic carbocycles. The maximum absolute atomic E-state index is 5.77. The summed E-state index contributed by atoms with van der Waals surface area (Å²) in [5, 5.41) is 6.98. The summed E-state index contributed by atoms with van der Waals surface area (Å²) in [6.45, 7) is 1.97. The highest BCUT2D eigenvalue weighted by Gasteiger charge is 1.99. The molecule has 136 valence electrons. The number of ether oxygens (including phenoxy) is 1. The Hall–Kier alpha value is -1.06. The van der Waals surface area contributed by atoms with Crippen LogP contribution in [0.3, 0.4) is 0 Å². The topological polar surface area (TPSA) is 58.5 Å². The van der Waals surface area contributed by atoms with Crippen LogP contribution in [0.2, 0.25) is 5.15 Å². The normalized spacial score (nSPS) is 10.8. The Labute approximate surface area is 178 Å². The number of nitrogens with one attached hydrogen (secondary N) is 2. The molecular weight excluding hydrogens is 518 g/mol. The first-order valence-corrected chi connectivity index (χ1v) is 8.78. The minimum Gasteiger partial charge on any atom is -0.492 e. The molecule has 2 rings (SSSR count). The van der Waals surface area contributed by atoms with Gasteiger partial charge in [0.05, 0.1) is 6.54 Å². The van der Waals surface area contributed by atoms with Crippen molar-refractivity contribution in [2.45, 2.75) is 6.42 Å². The van der Waals surface area contributed by atoms with Gasteiger partial charge in [0.25, 0.3) is 0 Å². The zero-order valence-corrected chi connectivity index (χ0v) is 18.5. The van der Waals surface area contributed by atoms with Gasteiger partial charge >= 0.3 is 0 Å². The van der Waals surface area contributed by atoms with Gasteiger partial charge in [0.2, 0.25) is 0 Å². The Morgan fingerprint density at radius 3 is 2.72 bits per heavy atom. The Balaban J connectivity index is 0.00000312. The Kier molecular flexibility index (Phi) is 10.8. The molecule has 8 heteroatoms. The van der Waals surface area contributed by atoms with E-state index in [1.807, 2.05) is 30.3 Å². The molecule has 0 bridgehead atoms. The van der Waals surface area contributed by atoms with Crippen LogP contribution in [0.1, 0.15) is 5.56 Å². The third-order valence-corrected chi connectivity index (χ3v) is 3.89. The summed E-state index contributed by atoms with van der Waals surface area (Å²) in [6.07, 6.45) is 2.63. The van der Waals surface area contributed by atoms with Crippen LogP contribution in [0.15, 0.2) is 52.1 Å². The van der Waals surface area contributed by atoms with Gasteiger partial charge in [-0.2, -0.15) is 0 Å². The maximum atomic E-state index is 5.77. The number of benzene rings is 1. The quantitative estimate of drug-likeness (QED) is 0.184. The van der Waals surface area contributed by atoms with E-state index in [1.54, 1.807) is 19.3 Å². The molecule has 0 saturated heterocycles. The second-order valence-electron chi connectivity index (χ2n) is 4.97. The molecule has 25 heavy (non-hydrogen) atoms. The summed E-state index contributed by atoms with van der Waals surface area (Å²) >= 11 is 9.19. The molecule has 0 saturated carbocycles. The molecule has 0 aliphatic rings. The van der Waals surface area contributed by atoms with Crippen molar-refractivity contribution < 1.29 is 4.74 Å². The third kappa shape index (κ3) is 8.73. The van der Waals surface area contributed by atoms with Crippen molar-refractivity contribution in [3.63, 3.8) is 0 Å². The zero-order chi connectivity index (χ0) is 17.2.